The normalized spacial score (nSPS) is 11.7. The number of nitrogens with zero attached hydrogens (tertiary/aromatic N) is 3. The highest BCUT2D eigenvalue weighted by atomic mass is 16.3. The lowest BCUT2D eigenvalue weighted by Gasteiger charge is -2.12. The lowest BCUT2D eigenvalue weighted by molar-refractivity contribution is 0.673. The summed E-state index contributed by atoms with van der Waals surface area (Å²) in [4.78, 5) is 14.9. The van der Waals surface area contributed by atoms with Crippen molar-refractivity contribution in [2.75, 3.05) is 0 Å². The molecule has 4 heteroatoms. The summed E-state index contributed by atoms with van der Waals surface area (Å²) in [5.74, 6) is 1.91. The summed E-state index contributed by atoms with van der Waals surface area (Å²) < 4.78 is 6.81. The van der Waals surface area contributed by atoms with Crippen LogP contribution in [-0.2, 0) is 0 Å². The van der Waals surface area contributed by atoms with E-state index in [-0.39, 0.29) is 0 Å². The summed E-state index contributed by atoms with van der Waals surface area (Å²) in [7, 11) is 0. The Morgan fingerprint density at radius 2 is 0.712 bits per heavy atom. The molecule has 10 aromatic carbocycles. The Morgan fingerprint density at radius 1 is 0.254 bits per heavy atom. The Labute approximate surface area is 339 Å². The van der Waals surface area contributed by atoms with Gasteiger partial charge in [0.05, 0.1) is 0 Å². The monoisotopic (exact) mass is 751 g/mol. The molecule has 0 saturated carbocycles. The molecule has 0 N–H and O–H groups in total. The fourth-order valence-corrected chi connectivity index (χ4v) is 8.87. The van der Waals surface area contributed by atoms with Gasteiger partial charge in [-0.2, -0.15) is 0 Å². The number of fused-ring (bicyclic) bond motifs is 11. The Hall–Kier alpha value is -7.95. The maximum Gasteiger partial charge on any atom is 0.164 e. The minimum atomic E-state index is 0.626. The molecule has 0 aliphatic rings. The maximum atomic E-state index is 6.81. The van der Waals surface area contributed by atoms with E-state index in [1.54, 1.807) is 0 Å². The highest BCUT2D eigenvalue weighted by Gasteiger charge is 2.18. The molecule has 0 unspecified atom stereocenters. The molecule has 0 spiro atoms. The molecule has 274 valence electrons. The van der Waals surface area contributed by atoms with Crippen molar-refractivity contribution in [3.63, 3.8) is 0 Å². The van der Waals surface area contributed by atoms with E-state index >= 15 is 0 Å². The van der Waals surface area contributed by atoms with E-state index in [2.05, 4.69) is 140 Å². The average molecular weight is 752 g/mol. The van der Waals surface area contributed by atoms with Crippen LogP contribution in [0.5, 0.6) is 0 Å². The SMILES string of the molecule is c1ccc(-c2nc(-c3ccccc3)nc(-c3cccc(-c4cc5c6ccc(-c7ccc8c9ccccc9c9ccccc9c8c7)cc6oc5c5ccccc45)c3)n2)cc1. The van der Waals surface area contributed by atoms with E-state index in [0.717, 1.165) is 71.7 Å². The van der Waals surface area contributed by atoms with Gasteiger partial charge in [0.25, 0.3) is 0 Å². The topological polar surface area (TPSA) is 51.8 Å². The van der Waals surface area contributed by atoms with Crippen molar-refractivity contribution in [2.45, 2.75) is 0 Å². The molecule has 59 heavy (non-hydrogen) atoms. The zero-order valence-corrected chi connectivity index (χ0v) is 31.8. The van der Waals surface area contributed by atoms with E-state index in [0.29, 0.717) is 17.5 Å². The van der Waals surface area contributed by atoms with Crippen LogP contribution in [-0.4, -0.2) is 15.0 Å². The molecule has 4 nitrogen and oxygen atoms in total. The van der Waals surface area contributed by atoms with Crippen molar-refractivity contribution < 1.29 is 4.42 Å². The Bertz CT molecular complexity index is 3520. The molecule has 0 atom stereocenters. The van der Waals surface area contributed by atoms with Crippen LogP contribution in [0, 0.1) is 0 Å². The third kappa shape index (κ3) is 5.49. The van der Waals surface area contributed by atoms with Crippen LogP contribution < -0.4 is 0 Å². The maximum absolute atomic E-state index is 6.81. The number of aromatic nitrogens is 3. The molecule has 0 radical (unpaired) electrons. The number of hydrogen-bond acceptors (Lipinski definition) is 4. The molecule has 12 rings (SSSR count). The highest BCUT2D eigenvalue weighted by Crippen LogP contribution is 2.42. The third-order valence-corrected chi connectivity index (χ3v) is 11.7. The largest absolute Gasteiger partial charge is 0.455 e. The minimum absolute atomic E-state index is 0.626. The van der Waals surface area contributed by atoms with E-state index in [1.165, 1.54) is 32.3 Å². The van der Waals surface area contributed by atoms with E-state index in [4.69, 9.17) is 19.4 Å². The second-order valence-electron chi connectivity index (χ2n) is 15.1. The minimum Gasteiger partial charge on any atom is -0.455 e. The summed E-state index contributed by atoms with van der Waals surface area (Å²) >= 11 is 0. The second-order valence-corrected chi connectivity index (χ2v) is 15.1. The Morgan fingerprint density at radius 3 is 1.34 bits per heavy atom. The molecule has 2 heterocycles. The van der Waals surface area contributed by atoms with Gasteiger partial charge in [-0.25, -0.2) is 15.0 Å². The van der Waals surface area contributed by atoms with Crippen molar-refractivity contribution in [1.29, 1.82) is 0 Å². The van der Waals surface area contributed by atoms with Crippen LogP contribution in [0.25, 0.3) is 121 Å². The van der Waals surface area contributed by atoms with Crippen LogP contribution in [0.2, 0.25) is 0 Å². The van der Waals surface area contributed by atoms with E-state index < -0.39 is 0 Å². The Balaban J connectivity index is 0.996. The molecule has 2 aromatic heterocycles. The Kier molecular flexibility index (Phi) is 7.50. The quantitative estimate of drug-likeness (QED) is 0.164. The van der Waals surface area contributed by atoms with Crippen molar-refractivity contribution in [3.8, 4) is 56.4 Å². The molecule has 0 bridgehead atoms. The molecule has 0 saturated heterocycles. The summed E-state index contributed by atoms with van der Waals surface area (Å²) in [6, 6.07) is 70.5. The predicted molar refractivity (Wildman–Crippen MR) is 244 cm³/mol. The highest BCUT2D eigenvalue weighted by molar-refractivity contribution is 6.26. The predicted octanol–water partition coefficient (Wildman–Crippen LogP) is 14.7. The number of hydrogen-bond donors (Lipinski definition) is 0. The van der Waals surface area contributed by atoms with Gasteiger partial charge in [0.1, 0.15) is 11.2 Å². The van der Waals surface area contributed by atoms with Crippen LogP contribution >= 0.6 is 0 Å². The number of benzene rings is 10. The van der Waals surface area contributed by atoms with Crippen molar-refractivity contribution in [1.82, 2.24) is 15.0 Å². The lowest BCUT2D eigenvalue weighted by atomic mass is 9.92. The molecular weight excluding hydrogens is 719 g/mol. The van der Waals surface area contributed by atoms with E-state index in [9.17, 15) is 0 Å². The standard InChI is InChI=1S/C55H33N3O/c1-3-14-34(15-4-1)53-56-54(35-16-5-2-6-17-35)58-55(57-53)39-19-13-18-38(30-39)48-33-50-46-29-27-37(32-51(46)59-52(50)47-25-12-11-24-44(47)48)36-26-28-45-42-22-8-7-20-40(42)41-21-9-10-23-43(41)49(45)31-36/h1-33H. The smallest absolute Gasteiger partial charge is 0.164 e. The van der Waals surface area contributed by atoms with Gasteiger partial charge in [0, 0.05) is 32.8 Å². The molecule has 0 fully saturated rings. The fourth-order valence-electron chi connectivity index (χ4n) is 8.87. The summed E-state index contributed by atoms with van der Waals surface area (Å²) in [6.45, 7) is 0. The number of furan rings is 1. The second kappa shape index (κ2) is 13.3. The van der Waals surface area contributed by atoms with Gasteiger partial charge in [-0.15, -0.1) is 0 Å². The average Bonchev–Trinajstić information content (AvgIpc) is 3.70. The van der Waals surface area contributed by atoms with Gasteiger partial charge in [-0.3, -0.25) is 0 Å². The lowest BCUT2D eigenvalue weighted by Crippen LogP contribution is -2.00. The van der Waals surface area contributed by atoms with Crippen molar-refractivity contribution >= 4 is 65.0 Å². The van der Waals surface area contributed by atoms with Crippen molar-refractivity contribution in [2.24, 2.45) is 0 Å². The summed E-state index contributed by atoms with van der Waals surface area (Å²) in [5, 5.41) is 12.0. The molecule has 0 aliphatic heterocycles. The summed E-state index contributed by atoms with van der Waals surface area (Å²) in [5.41, 5.74) is 9.03. The molecule has 12 aromatic rings. The molecular formula is C55H33N3O. The summed E-state index contributed by atoms with van der Waals surface area (Å²) in [6.07, 6.45) is 0. The van der Waals surface area contributed by atoms with Crippen LogP contribution in [0.1, 0.15) is 0 Å². The van der Waals surface area contributed by atoms with Gasteiger partial charge in [0.2, 0.25) is 0 Å². The van der Waals surface area contributed by atoms with Gasteiger partial charge >= 0.3 is 0 Å². The van der Waals surface area contributed by atoms with Gasteiger partial charge < -0.3 is 4.42 Å². The first-order valence-electron chi connectivity index (χ1n) is 19.9. The third-order valence-electron chi connectivity index (χ3n) is 11.7. The first-order chi connectivity index (χ1) is 29.2. The molecule has 0 aliphatic carbocycles. The van der Waals surface area contributed by atoms with Crippen LogP contribution in [0.3, 0.4) is 0 Å². The first kappa shape index (κ1) is 33.2. The molecule has 0 amide bonds. The first-order valence-corrected chi connectivity index (χ1v) is 19.9. The van der Waals surface area contributed by atoms with Crippen LogP contribution in [0.4, 0.5) is 0 Å². The van der Waals surface area contributed by atoms with Gasteiger partial charge in [-0.1, -0.05) is 170 Å². The van der Waals surface area contributed by atoms with E-state index in [1.807, 2.05) is 60.7 Å². The van der Waals surface area contributed by atoms with Gasteiger partial charge in [0.15, 0.2) is 17.5 Å². The van der Waals surface area contributed by atoms with Crippen molar-refractivity contribution in [3.05, 3.63) is 200 Å². The zero-order valence-electron chi connectivity index (χ0n) is 31.8. The number of rotatable bonds is 5. The van der Waals surface area contributed by atoms with Gasteiger partial charge in [-0.05, 0) is 90.3 Å². The zero-order chi connectivity index (χ0) is 38.9. The van der Waals surface area contributed by atoms with Crippen LogP contribution in [0.15, 0.2) is 205 Å². The fraction of sp³-hybridized carbons (Fsp3) is 0.